The Balaban J connectivity index is 2.73. The molecule has 0 aromatic heterocycles. The van der Waals surface area contributed by atoms with E-state index in [1.165, 1.54) is 0 Å². The van der Waals surface area contributed by atoms with Crippen LogP contribution in [0.2, 0.25) is 0 Å². The standard InChI is InChI=1S/C11H21N3O2/c1-7(2)11(5-4-6-13-11)10(16)14-8(3)9(12)15/h7-8,13H,4-6H2,1-3H3,(H2,12,15)(H,14,16)/t8-,11-/m1/s1. The van der Waals surface area contributed by atoms with Crippen molar-refractivity contribution in [1.29, 1.82) is 0 Å². The summed E-state index contributed by atoms with van der Waals surface area (Å²) in [6.45, 7) is 6.46. The van der Waals surface area contributed by atoms with Crippen molar-refractivity contribution >= 4 is 11.8 Å². The monoisotopic (exact) mass is 227 g/mol. The molecule has 16 heavy (non-hydrogen) atoms. The minimum Gasteiger partial charge on any atom is -0.368 e. The Labute approximate surface area is 96.1 Å². The smallest absolute Gasteiger partial charge is 0.241 e. The maximum absolute atomic E-state index is 12.1. The van der Waals surface area contributed by atoms with Gasteiger partial charge in [-0.3, -0.25) is 9.59 Å². The lowest BCUT2D eigenvalue weighted by atomic mass is 9.84. The van der Waals surface area contributed by atoms with Gasteiger partial charge in [-0.2, -0.15) is 0 Å². The molecule has 0 unspecified atom stereocenters. The van der Waals surface area contributed by atoms with Gasteiger partial charge in [0.25, 0.3) is 0 Å². The van der Waals surface area contributed by atoms with E-state index in [9.17, 15) is 9.59 Å². The molecule has 4 N–H and O–H groups in total. The maximum atomic E-state index is 12.1. The van der Waals surface area contributed by atoms with Crippen LogP contribution in [0.15, 0.2) is 0 Å². The zero-order valence-electron chi connectivity index (χ0n) is 10.2. The first-order chi connectivity index (χ1) is 7.40. The van der Waals surface area contributed by atoms with Gasteiger partial charge in [0, 0.05) is 0 Å². The van der Waals surface area contributed by atoms with Gasteiger partial charge in [-0.05, 0) is 32.2 Å². The summed E-state index contributed by atoms with van der Waals surface area (Å²) in [5, 5.41) is 5.92. The topological polar surface area (TPSA) is 84.2 Å². The van der Waals surface area contributed by atoms with E-state index in [1.807, 2.05) is 13.8 Å². The predicted octanol–water partition coefficient (Wildman–Crippen LogP) is -0.245. The lowest BCUT2D eigenvalue weighted by Crippen LogP contribution is -2.59. The highest BCUT2D eigenvalue weighted by atomic mass is 16.2. The number of hydrogen-bond acceptors (Lipinski definition) is 3. The van der Waals surface area contributed by atoms with Gasteiger partial charge >= 0.3 is 0 Å². The molecule has 5 nitrogen and oxygen atoms in total. The van der Waals surface area contributed by atoms with Crippen molar-refractivity contribution in [3.8, 4) is 0 Å². The van der Waals surface area contributed by atoms with E-state index in [0.717, 1.165) is 19.4 Å². The highest BCUT2D eigenvalue weighted by Gasteiger charge is 2.44. The summed E-state index contributed by atoms with van der Waals surface area (Å²) in [7, 11) is 0. The highest BCUT2D eigenvalue weighted by Crippen LogP contribution is 2.27. The Hall–Kier alpha value is -1.10. The Morgan fingerprint density at radius 3 is 2.38 bits per heavy atom. The van der Waals surface area contributed by atoms with Crippen LogP contribution < -0.4 is 16.4 Å². The largest absolute Gasteiger partial charge is 0.368 e. The number of carbonyl (C=O) groups is 2. The molecule has 0 saturated carbocycles. The van der Waals surface area contributed by atoms with Crippen molar-refractivity contribution in [2.45, 2.75) is 45.2 Å². The second-order valence-corrected chi connectivity index (χ2v) is 4.75. The maximum Gasteiger partial charge on any atom is 0.241 e. The van der Waals surface area contributed by atoms with Crippen LogP contribution in [-0.4, -0.2) is 29.9 Å². The molecule has 1 aliphatic heterocycles. The summed E-state index contributed by atoms with van der Waals surface area (Å²) in [4.78, 5) is 23.1. The number of amides is 2. The Morgan fingerprint density at radius 2 is 2.00 bits per heavy atom. The number of carbonyl (C=O) groups excluding carboxylic acids is 2. The zero-order valence-corrected chi connectivity index (χ0v) is 10.2. The molecule has 2 amide bonds. The summed E-state index contributed by atoms with van der Waals surface area (Å²) in [6.07, 6.45) is 1.79. The van der Waals surface area contributed by atoms with E-state index >= 15 is 0 Å². The van der Waals surface area contributed by atoms with Gasteiger partial charge in [-0.25, -0.2) is 0 Å². The molecule has 5 heteroatoms. The van der Waals surface area contributed by atoms with Gasteiger partial charge in [-0.1, -0.05) is 13.8 Å². The van der Waals surface area contributed by atoms with Crippen LogP contribution in [0.1, 0.15) is 33.6 Å². The van der Waals surface area contributed by atoms with Crippen LogP contribution in [-0.2, 0) is 9.59 Å². The second-order valence-electron chi connectivity index (χ2n) is 4.75. The van der Waals surface area contributed by atoms with E-state index in [4.69, 9.17) is 5.73 Å². The highest BCUT2D eigenvalue weighted by molar-refractivity contribution is 5.91. The molecule has 2 atom stereocenters. The normalized spacial score (nSPS) is 26.8. The average molecular weight is 227 g/mol. The Kier molecular flexibility index (Phi) is 3.91. The average Bonchev–Trinajstić information content (AvgIpc) is 2.66. The number of hydrogen-bond donors (Lipinski definition) is 3. The lowest BCUT2D eigenvalue weighted by Gasteiger charge is -2.33. The van der Waals surface area contributed by atoms with E-state index in [1.54, 1.807) is 6.92 Å². The fourth-order valence-corrected chi connectivity index (χ4v) is 2.11. The Bertz CT molecular complexity index is 283. The Morgan fingerprint density at radius 1 is 1.38 bits per heavy atom. The van der Waals surface area contributed by atoms with Gasteiger partial charge in [-0.15, -0.1) is 0 Å². The van der Waals surface area contributed by atoms with Crippen molar-refractivity contribution in [1.82, 2.24) is 10.6 Å². The third kappa shape index (κ3) is 2.35. The molecule has 0 spiro atoms. The quantitative estimate of drug-likeness (QED) is 0.619. The third-order valence-corrected chi connectivity index (χ3v) is 3.35. The van der Waals surface area contributed by atoms with Crippen LogP contribution >= 0.6 is 0 Å². The summed E-state index contributed by atoms with van der Waals surface area (Å²) in [5.74, 6) is -0.438. The molecular formula is C11H21N3O2. The first-order valence-electron chi connectivity index (χ1n) is 5.75. The minimum absolute atomic E-state index is 0.119. The first-order valence-corrected chi connectivity index (χ1v) is 5.75. The molecular weight excluding hydrogens is 206 g/mol. The molecule has 0 aromatic carbocycles. The first kappa shape index (κ1) is 13.0. The van der Waals surface area contributed by atoms with Crippen molar-refractivity contribution < 1.29 is 9.59 Å². The SMILES string of the molecule is CC(C)[C@@]1(C(=O)N[C@H](C)C(N)=O)CCCN1. The summed E-state index contributed by atoms with van der Waals surface area (Å²) in [5.41, 5.74) is 4.59. The molecule has 1 heterocycles. The van der Waals surface area contributed by atoms with E-state index < -0.39 is 17.5 Å². The van der Waals surface area contributed by atoms with E-state index in [0.29, 0.717) is 0 Å². The summed E-state index contributed by atoms with van der Waals surface area (Å²) >= 11 is 0. The molecule has 0 bridgehead atoms. The molecule has 1 fully saturated rings. The summed E-state index contributed by atoms with van der Waals surface area (Å²) < 4.78 is 0. The zero-order chi connectivity index (χ0) is 12.3. The van der Waals surface area contributed by atoms with E-state index in [2.05, 4.69) is 10.6 Å². The number of primary amides is 1. The van der Waals surface area contributed by atoms with Gasteiger partial charge in [0.05, 0.1) is 0 Å². The van der Waals surface area contributed by atoms with Crippen LogP contribution in [0.5, 0.6) is 0 Å². The molecule has 0 radical (unpaired) electrons. The van der Waals surface area contributed by atoms with Crippen LogP contribution in [0.25, 0.3) is 0 Å². The van der Waals surface area contributed by atoms with E-state index in [-0.39, 0.29) is 11.8 Å². The van der Waals surface area contributed by atoms with Crippen molar-refractivity contribution in [3.63, 3.8) is 0 Å². The second kappa shape index (κ2) is 4.82. The lowest BCUT2D eigenvalue weighted by molar-refractivity contribution is -0.132. The number of nitrogens with one attached hydrogen (secondary N) is 2. The van der Waals surface area contributed by atoms with Gasteiger partial charge in [0.2, 0.25) is 11.8 Å². The summed E-state index contributed by atoms with van der Waals surface area (Å²) in [6, 6.07) is -0.620. The van der Waals surface area contributed by atoms with Gasteiger partial charge in [0.1, 0.15) is 11.6 Å². The van der Waals surface area contributed by atoms with Gasteiger partial charge < -0.3 is 16.4 Å². The molecule has 0 aliphatic carbocycles. The molecule has 0 aromatic rings. The van der Waals surface area contributed by atoms with Crippen molar-refractivity contribution in [2.24, 2.45) is 11.7 Å². The van der Waals surface area contributed by atoms with Crippen LogP contribution in [0.3, 0.4) is 0 Å². The van der Waals surface area contributed by atoms with Crippen LogP contribution in [0.4, 0.5) is 0 Å². The fourth-order valence-electron chi connectivity index (χ4n) is 2.11. The number of rotatable bonds is 4. The molecule has 92 valence electrons. The molecule has 1 rings (SSSR count). The molecule has 1 aliphatic rings. The van der Waals surface area contributed by atoms with Crippen molar-refractivity contribution in [2.75, 3.05) is 6.54 Å². The third-order valence-electron chi connectivity index (χ3n) is 3.35. The number of nitrogens with two attached hydrogens (primary N) is 1. The van der Waals surface area contributed by atoms with Crippen molar-refractivity contribution in [3.05, 3.63) is 0 Å². The molecule has 1 saturated heterocycles. The van der Waals surface area contributed by atoms with Crippen LogP contribution in [0, 0.1) is 5.92 Å². The minimum atomic E-state index is -0.620. The predicted molar refractivity (Wildman–Crippen MR) is 61.6 cm³/mol. The fraction of sp³-hybridized carbons (Fsp3) is 0.818. The van der Waals surface area contributed by atoms with Gasteiger partial charge in [0.15, 0.2) is 0 Å².